The van der Waals surface area contributed by atoms with Gasteiger partial charge < -0.3 is 20.1 Å². The first-order valence-electron chi connectivity index (χ1n) is 11.1. The van der Waals surface area contributed by atoms with Gasteiger partial charge in [-0.2, -0.15) is 5.10 Å². The van der Waals surface area contributed by atoms with Crippen molar-refractivity contribution in [2.45, 2.75) is 51.5 Å². The molecule has 3 fully saturated rings. The minimum atomic E-state index is -1.11. The summed E-state index contributed by atoms with van der Waals surface area (Å²) in [7, 11) is 2.05. The fraction of sp³-hybridized carbons (Fsp3) is 0.609. The van der Waals surface area contributed by atoms with Crippen molar-refractivity contribution < 1.29 is 19.6 Å². The van der Waals surface area contributed by atoms with Gasteiger partial charge in [0.25, 0.3) is 0 Å². The van der Waals surface area contributed by atoms with Crippen LogP contribution >= 0.6 is 11.3 Å². The van der Waals surface area contributed by atoms with Crippen LogP contribution in [0.3, 0.4) is 0 Å². The first-order chi connectivity index (χ1) is 14.7. The number of piperidine rings is 3. The van der Waals surface area contributed by atoms with E-state index in [0.29, 0.717) is 24.4 Å². The molecule has 0 aromatic carbocycles. The maximum atomic E-state index is 12.4. The number of thiophene rings is 1. The van der Waals surface area contributed by atoms with E-state index in [9.17, 15) is 14.7 Å². The monoisotopic (exact) mass is 444 g/mol. The molecule has 4 atom stereocenters. The molecule has 1 amide bonds. The summed E-state index contributed by atoms with van der Waals surface area (Å²) in [5.74, 6) is -0.0668. The Morgan fingerprint density at radius 3 is 2.84 bits per heavy atom. The summed E-state index contributed by atoms with van der Waals surface area (Å²) in [6.45, 7) is 6.47. The zero-order chi connectivity index (χ0) is 22.2. The van der Waals surface area contributed by atoms with E-state index in [1.54, 1.807) is 30.1 Å². The second-order valence-electron chi connectivity index (χ2n) is 9.95. The Kier molecular flexibility index (Phi) is 6.21. The lowest BCUT2D eigenvalue weighted by Gasteiger charge is -2.47. The largest absolute Gasteiger partial charge is 0.550 e. The molecule has 5 rings (SSSR count). The van der Waals surface area contributed by atoms with Crippen LogP contribution in [0.1, 0.15) is 51.1 Å². The first-order valence-corrected chi connectivity index (χ1v) is 12.0. The van der Waals surface area contributed by atoms with E-state index in [0.717, 1.165) is 25.2 Å². The molecule has 3 saturated heterocycles. The van der Waals surface area contributed by atoms with E-state index >= 15 is 0 Å². The summed E-state index contributed by atoms with van der Waals surface area (Å²) >= 11 is 1.72. The number of rotatable bonds is 8. The Balaban J connectivity index is 1.35. The van der Waals surface area contributed by atoms with Crippen LogP contribution in [0.4, 0.5) is 0 Å². The molecule has 3 aliphatic heterocycles. The Morgan fingerprint density at radius 1 is 1.39 bits per heavy atom. The average Bonchev–Trinajstić information content (AvgIpc) is 3.35. The Hall–Kier alpha value is -2.19. The van der Waals surface area contributed by atoms with Crippen molar-refractivity contribution in [2.75, 3.05) is 19.6 Å². The third kappa shape index (κ3) is 5.01. The number of nitrogens with one attached hydrogen (secondary N) is 2. The lowest BCUT2D eigenvalue weighted by atomic mass is 9.74. The van der Waals surface area contributed by atoms with Crippen molar-refractivity contribution in [2.24, 2.45) is 18.4 Å². The van der Waals surface area contributed by atoms with Gasteiger partial charge in [0.1, 0.15) is 11.7 Å². The van der Waals surface area contributed by atoms with Crippen LogP contribution in [0.2, 0.25) is 0 Å². The number of amides is 1. The van der Waals surface area contributed by atoms with Crippen molar-refractivity contribution >= 4 is 23.2 Å². The van der Waals surface area contributed by atoms with Gasteiger partial charge in [-0.25, -0.2) is 0 Å². The quantitative estimate of drug-likeness (QED) is 0.623. The summed E-state index contributed by atoms with van der Waals surface area (Å²) in [5, 5.41) is 20.8. The van der Waals surface area contributed by atoms with Crippen LogP contribution < -0.4 is 15.3 Å². The molecule has 2 aromatic heterocycles. The van der Waals surface area contributed by atoms with E-state index < -0.39 is 11.4 Å². The maximum absolute atomic E-state index is 12.4. The zero-order valence-corrected chi connectivity index (χ0v) is 19.3. The summed E-state index contributed by atoms with van der Waals surface area (Å²) in [5.41, 5.74) is 1.78. The molecule has 0 aliphatic carbocycles. The lowest BCUT2D eigenvalue weighted by Crippen LogP contribution is -3.20. The van der Waals surface area contributed by atoms with Gasteiger partial charge in [-0.3, -0.25) is 9.48 Å². The van der Waals surface area contributed by atoms with Gasteiger partial charge in [0.15, 0.2) is 0 Å². The van der Waals surface area contributed by atoms with Gasteiger partial charge in [0.05, 0.1) is 30.4 Å². The zero-order valence-electron chi connectivity index (χ0n) is 18.5. The van der Waals surface area contributed by atoms with Crippen molar-refractivity contribution in [1.82, 2.24) is 15.1 Å². The second kappa shape index (κ2) is 8.74. The molecule has 0 saturated carbocycles. The number of nitrogens with zero attached hydrogens (tertiary/aromatic N) is 2. The normalized spacial score (nSPS) is 25.5. The van der Waals surface area contributed by atoms with E-state index in [2.05, 4.69) is 33.6 Å². The highest BCUT2D eigenvalue weighted by Crippen LogP contribution is 2.36. The molecule has 7 nitrogen and oxygen atoms in total. The van der Waals surface area contributed by atoms with E-state index in [-0.39, 0.29) is 18.7 Å². The van der Waals surface area contributed by atoms with Crippen LogP contribution in [0.25, 0.3) is 10.6 Å². The molecule has 0 radical (unpaired) electrons. The molecule has 2 aromatic rings. The molecular weight excluding hydrogens is 412 g/mol. The number of aryl methyl sites for hydroxylation is 1. The van der Waals surface area contributed by atoms with Crippen LogP contribution in [-0.4, -0.2) is 47.3 Å². The summed E-state index contributed by atoms with van der Waals surface area (Å²) in [4.78, 5) is 26.0. The molecule has 168 valence electrons. The second-order valence-corrected chi connectivity index (χ2v) is 10.9. The van der Waals surface area contributed by atoms with Gasteiger partial charge in [-0.15, -0.1) is 11.3 Å². The number of fused-ring (bicyclic) bond motifs is 3. The standard InChI is InChI=1S/C23H32N4O3S/c1-23(2,12-22(29)30)11-21(28)24-13-16-9-15-6-7-27(16)14-17(15)19-10-18(25-26(19)3)20-5-4-8-31-20/h4-5,8,10,15-17H,6-7,9,11-14H2,1-3H3,(H,24,28)(H,29,30)/t15-,16+,17-/m0/s1. The minimum absolute atomic E-state index is 0.0722. The number of aromatic nitrogens is 2. The maximum Gasteiger partial charge on any atom is 0.220 e. The molecule has 5 heterocycles. The van der Waals surface area contributed by atoms with E-state index in [4.69, 9.17) is 5.10 Å². The van der Waals surface area contributed by atoms with Crippen LogP contribution in [0.5, 0.6) is 0 Å². The van der Waals surface area contributed by atoms with Crippen molar-refractivity contribution in [3.63, 3.8) is 0 Å². The number of carbonyl (C=O) groups is 2. The van der Waals surface area contributed by atoms with Crippen molar-refractivity contribution in [3.8, 4) is 10.6 Å². The summed E-state index contributed by atoms with van der Waals surface area (Å²) in [6, 6.07) is 6.86. The van der Waals surface area contributed by atoms with Crippen LogP contribution in [0.15, 0.2) is 23.6 Å². The van der Waals surface area contributed by atoms with Crippen LogP contribution in [-0.2, 0) is 16.6 Å². The molecule has 8 heteroatoms. The number of carbonyl (C=O) groups excluding carboxylic acids is 2. The Labute approximate surface area is 187 Å². The SMILES string of the molecule is Cn1nc(-c2cccs2)cc1[C@H]1C[NH+]2CC[C@H]1C[C@@H]2CNC(=O)CC(C)(C)CC(=O)[O-]. The molecule has 2 bridgehead atoms. The predicted octanol–water partition coefficient (Wildman–Crippen LogP) is 0.582. The molecule has 2 N–H and O–H groups in total. The van der Waals surface area contributed by atoms with Gasteiger partial charge in [-0.05, 0) is 35.3 Å². The summed E-state index contributed by atoms with van der Waals surface area (Å²) < 4.78 is 2.05. The number of carboxylic acid groups (broad SMARTS) is 1. The third-order valence-electron chi connectivity index (χ3n) is 6.93. The van der Waals surface area contributed by atoms with Crippen LogP contribution in [0, 0.1) is 11.3 Å². The third-order valence-corrected chi connectivity index (χ3v) is 7.82. The highest BCUT2D eigenvalue weighted by atomic mass is 32.1. The number of hydrogen-bond acceptors (Lipinski definition) is 5. The van der Waals surface area contributed by atoms with Crippen molar-refractivity contribution in [3.05, 3.63) is 29.3 Å². The van der Waals surface area contributed by atoms with Gasteiger partial charge in [-0.1, -0.05) is 19.9 Å². The molecule has 0 spiro atoms. The molecule has 31 heavy (non-hydrogen) atoms. The highest BCUT2D eigenvalue weighted by molar-refractivity contribution is 7.13. The Morgan fingerprint density at radius 2 is 2.19 bits per heavy atom. The smallest absolute Gasteiger partial charge is 0.220 e. The minimum Gasteiger partial charge on any atom is -0.550 e. The highest BCUT2D eigenvalue weighted by Gasteiger charge is 2.45. The van der Waals surface area contributed by atoms with E-state index in [1.165, 1.54) is 17.0 Å². The number of aliphatic carboxylic acids is 1. The number of carboxylic acids is 1. The summed E-state index contributed by atoms with van der Waals surface area (Å²) in [6.07, 6.45) is 2.41. The number of hydrogen-bond donors (Lipinski definition) is 2. The van der Waals surface area contributed by atoms with Gasteiger partial charge >= 0.3 is 0 Å². The van der Waals surface area contributed by atoms with E-state index in [1.807, 2.05) is 7.05 Å². The number of quaternary nitrogens is 1. The fourth-order valence-corrected chi connectivity index (χ4v) is 6.12. The van der Waals surface area contributed by atoms with Crippen molar-refractivity contribution in [1.29, 1.82) is 0 Å². The average molecular weight is 445 g/mol. The lowest BCUT2D eigenvalue weighted by molar-refractivity contribution is -0.942. The van der Waals surface area contributed by atoms with Gasteiger partial charge in [0.2, 0.25) is 5.91 Å². The molecule has 3 aliphatic rings. The molecule has 1 unspecified atom stereocenters. The fourth-order valence-electron chi connectivity index (χ4n) is 5.44. The first kappa shape index (κ1) is 22.0. The topological polar surface area (TPSA) is 91.5 Å². The Bertz CT molecular complexity index is 937. The predicted molar refractivity (Wildman–Crippen MR) is 118 cm³/mol. The van der Waals surface area contributed by atoms with Gasteiger partial charge in [0, 0.05) is 38.0 Å². The molecular formula is C23H32N4O3S.